The van der Waals surface area contributed by atoms with Gasteiger partial charge in [-0.15, -0.1) is 0 Å². The van der Waals surface area contributed by atoms with Crippen LogP contribution in [0.4, 0.5) is 14.5 Å². The molecule has 0 atom stereocenters. The van der Waals surface area contributed by atoms with Crippen molar-refractivity contribution < 1.29 is 30.4 Å². The number of anilines is 1. The van der Waals surface area contributed by atoms with Crippen LogP contribution in [0.5, 0.6) is 0 Å². The number of nitrogens with one attached hydrogen (secondary N) is 1. The van der Waals surface area contributed by atoms with E-state index in [0.29, 0.717) is 5.56 Å². The van der Waals surface area contributed by atoms with Crippen LogP contribution in [-0.4, -0.2) is 45.9 Å². The molecule has 2 aromatic rings. The number of carbonyl (C=O) groups excluding carboxylic acids is 1. The molecule has 1 N–H and O–H groups in total. The molecule has 11 heteroatoms. The fourth-order valence-electron chi connectivity index (χ4n) is 2.83. The number of sulfonamides is 1. The molecular weight excluding hydrogens is 438 g/mol. The number of para-hydroxylation sites is 1. The van der Waals surface area contributed by atoms with Crippen LogP contribution in [0, 0.1) is 6.92 Å². The number of alkyl halides is 2. The second-order valence-electron chi connectivity index (χ2n) is 6.33. The van der Waals surface area contributed by atoms with Crippen LogP contribution >= 0.6 is 0 Å². The number of benzene rings is 2. The summed E-state index contributed by atoms with van der Waals surface area (Å²) >= 11 is 0. The number of rotatable bonds is 8. The van der Waals surface area contributed by atoms with Crippen LogP contribution in [0.25, 0.3) is 0 Å². The summed E-state index contributed by atoms with van der Waals surface area (Å²) in [7, 11) is -8.79. The van der Waals surface area contributed by atoms with Crippen molar-refractivity contribution in [1.29, 1.82) is 0 Å². The Morgan fingerprint density at radius 2 is 1.60 bits per heavy atom. The Morgan fingerprint density at radius 3 is 2.17 bits per heavy atom. The third kappa shape index (κ3) is 4.68. The van der Waals surface area contributed by atoms with E-state index in [4.69, 9.17) is 0 Å². The topological polar surface area (TPSA) is 101 Å². The van der Waals surface area contributed by atoms with Crippen LogP contribution in [0.2, 0.25) is 0 Å². The smallest absolute Gasteiger partial charge is 0.321 e. The molecule has 2 rings (SSSR count). The van der Waals surface area contributed by atoms with E-state index in [2.05, 4.69) is 5.32 Å². The summed E-state index contributed by atoms with van der Waals surface area (Å²) in [5.74, 6) is -4.48. The summed E-state index contributed by atoms with van der Waals surface area (Å²) in [5.41, 5.74) is 0.0474. The number of sulfone groups is 1. The number of aryl methyl sites for hydroxylation is 1. The van der Waals surface area contributed by atoms with Gasteiger partial charge in [-0.3, -0.25) is 4.79 Å². The van der Waals surface area contributed by atoms with E-state index in [0.717, 1.165) is 6.07 Å². The maximum absolute atomic E-state index is 12.9. The van der Waals surface area contributed by atoms with Crippen LogP contribution in [0.1, 0.15) is 29.8 Å². The van der Waals surface area contributed by atoms with Crippen molar-refractivity contribution in [3.8, 4) is 0 Å². The van der Waals surface area contributed by atoms with Gasteiger partial charge in [-0.2, -0.15) is 13.1 Å². The minimum absolute atomic E-state index is 0.0596. The van der Waals surface area contributed by atoms with E-state index in [1.165, 1.54) is 40.7 Å². The lowest BCUT2D eigenvalue weighted by atomic mass is 10.1. The van der Waals surface area contributed by atoms with Gasteiger partial charge in [0.05, 0.1) is 15.5 Å². The van der Waals surface area contributed by atoms with E-state index >= 15 is 0 Å². The van der Waals surface area contributed by atoms with Crippen molar-refractivity contribution in [2.24, 2.45) is 0 Å². The Balaban J connectivity index is 2.46. The fraction of sp³-hybridized carbons (Fsp3) is 0.316. The zero-order valence-electron chi connectivity index (χ0n) is 16.6. The van der Waals surface area contributed by atoms with Crippen molar-refractivity contribution in [3.63, 3.8) is 0 Å². The molecule has 30 heavy (non-hydrogen) atoms. The van der Waals surface area contributed by atoms with Crippen molar-refractivity contribution in [2.75, 3.05) is 18.4 Å². The summed E-state index contributed by atoms with van der Waals surface area (Å²) in [4.78, 5) is 11.9. The molecule has 0 heterocycles. The highest BCUT2D eigenvalue weighted by atomic mass is 32.2. The first kappa shape index (κ1) is 23.9. The lowest BCUT2D eigenvalue weighted by Gasteiger charge is -2.20. The predicted octanol–water partition coefficient (Wildman–Crippen LogP) is 3.27. The normalized spacial score (nSPS) is 12.4. The van der Waals surface area contributed by atoms with Crippen LogP contribution in [0.3, 0.4) is 0 Å². The molecule has 0 aliphatic heterocycles. The number of amides is 1. The van der Waals surface area contributed by atoms with Crippen molar-refractivity contribution in [2.45, 2.75) is 36.3 Å². The molecule has 0 unspecified atom stereocenters. The molecule has 0 aromatic heterocycles. The molecule has 164 valence electrons. The third-order valence-electron chi connectivity index (χ3n) is 4.45. The Kier molecular flexibility index (Phi) is 7.32. The highest BCUT2D eigenvalue weighted by molar-refractivity contribution is 7.91. The largest absolute Gasteiger partial charge is 0.341 e. The second-order valence-corrected chi connectivity index (χ2v) is 10.1. The number of hydrogen-bond acceptors (Lipinski definition) is 5. The first-order valence-corrected chi connectivity index (χ1v) is 12.0. The molecule has 0 aliphatic rings. The summed E-state index contributed by atoms with van der Waals surface area (Å²) in [6.45, 7) is 5.45. The number of halogens is 2. The molecular formula is C19H22F2N2O5S2. The average molecular weight is 461 g/mol. The zero-order chi connectivity index (χ0) is 22.7. The lowest BCUT2D eigenvalue weighted by molar-refractivity contribution is 0.102. The summed E-state index contributed by atoms with van der Waals surface area (Å²) in [6, 6.07) is 8.78. The van der Waals surface area contributed by atoms with Crippen molar-refractivity contribution in [3.05, 3.63) is 53.6 Å². The molecule has 1 amide bonds. The van der Waals surface area contributed by atoms with Gasteiger partial charge in [0, 0.05) is 18.7 Å². The van der Waals surface area contributed by atoms with Gasteiger partial charge in [0.25, 0.3) is 5.91 Å². The second kappa shape index (κ2) is 9.19. The molecule has 0 saturated carbocycles. The minimum atomic E-state index is -4.94. The summed E-state index contributed by atoms with van der Waals surface area (Å²) in [5, 5.41) is 2.28. The number of hydrogen-bond donors (Lipinski definition) is 1. The molecule has 0 radical (unpaired) electrons. The molecule has 2 aromatic carbocycles. The maximum atomic E-state index is 12.9. The van der Waals surface area contributed by atoms with Gasteiger partial charge in [-0.1, -0.05) is 32.0 Å². The monoisotopic (exact) mass is 460 g/mol. The van der Waals surface area contributed by atoms with Gasteiger partial charge in [0.15, 0.2) is 0 Å². The van der Waals surface area contributed by atoms with Gasteiger partial charge < -0.3 is 5.32 Å². The van der Waals surface area contributed by atoms with Gasteiger partial charge in [0.1, 0.15) is 0 Å². The SMILES string of the molecule is CCN(CC)S(=O)(=O)c1cc(C(=O)Nc2ccccc2S(=O)(=O)C(F)F)ccc1C. The number of nitrogens with zero attached hydrogens (tertiary/aromatic N) is 1. The van der Waals surface area contributed by atoms with Crippen molar-refractivity contribution >= 4 is 31.5 Å². The highest BCUT2D eigenvalue weighted by Gasteiger charge is 2.30. The number of carbonyl (C=O) groups is 1. The Labute approximate surface area is 174 Å². The van der Waals surface area contributed by atoms with E-state index < -0.39 is 36.4 Å². The minimum Gasteiger partial charge on any atom is -0.321 e. The highest BCUT2D eigenvalue weighted by Crippen LogP contribution is 2.27. The van der Waals surface area contributed by atoms with E-state index in [-0.39, 0.29) is 29.2 Å². The first-order chi connectivity index (χ1) is 14.0. The quantitative estimate of drug-likeness (QED) is 0.652. The maximum Gasteiger partial charge on any atom is 0.341 e. The zero-order valence-corrected chi connectivity index (χ0v) is 18.2. The Hall–Kier alpha value is -2.37. The Morgan fingerprint density at radius 1 is 1.00 bits per heavy atom. The predicted molar refractivity (Wildman–Crippen MR) is 109 cm³/mol. The molecule has 0 fully saturated rings. The van der Waals surface area contributed by atoms with E-state index in [1.54, 1.807) is 20.8 Å². The standard InChI is InChI=1S/C19H22F2N2O5S2/c1-4-23(5-2)30(27,28)17-12-14(11-10-13(17)3)18(24)22-15-8-6-7-9-16(15)29(25,26)19(20)21/h6-12,19H,4-5H2,1-3H3,(H,22,24). The summed E-state index contributed by atoms with van der Waals surface area (Å²) < 4.78 is 76.5. The van der Waals surface area contributed by atoms with Crippen LogP contribution < -0.4 is 5.32 Å². The molecule has 0 saturated heterocycles. The van der Waals surface area contributed by atoms with Crippen molar-refractivity contribution in [1.82, 2.24) is 4.31 Å². The van der Waals surface area contributed by atoms with E-state index in [1.807, 2.05) is 0 Å². The molecule has 0 spiro atoms. The van der Waals surface area contributed by atoms with Gasteiger partial charge in [-0.25, -0.2) is 16.8 Å². The molecule has 0 aliphatic carbocycles. The average Bonchev–Trinajstić information content (AvgIpc) is 2.69. The van der Waals surface area contributed by atoms with Gasteiger partial charge in [-0.05, 0) is 36.8 Å². The van der Waals surface area contributed by atoms with Crippen LogP contribution in [0.15, 0.2) is 52.3 Å². The Bertz CT molecular complexity index is 1150. The van der Waals surface area contributed by atoms with Gasteiger partial charge >= 0.3 is 5.76 Å². The van der Waals surface area contributed by atoms with E-state index in [9.17, 15) is 30.4 Å². The summed E-state index contributed by atoms with van der Waals surface area (Å²) in [6.07, 6.45) is 0. The van der Waals surface area contributed by atoms with Gasteiger partial charge in [0.2, 0.25) is 19.9 Å². The molecule has 7 nitrogen and oxygen atoms in total. The lowest BCUT2D eigenvalue weighted by Crippen LogP contribution is -2.31. The fourth-order valence-corrected chi connectivity index (χ4v) is 5.42. The first-order valence-electron chi connectivity index (χ1n) is 9.00. The van der Waals surface area contributed by atoms with Crippen LogP contribution in [-0.2, 0) is 19.9 Å². The third-order valence-corrected chi connectivity index (χ3v) is 8.08. The molecule has 0 bridgehead atoms.